The molecule has 1 aromatic heterocycles. The Labute approximate surface area is 239 Å². The maximum Gasteiger partial charge on any atom is 0.410 e. The van der Waals surface area contributed by atoms with Crippen LogP contribution in [0.2, 0.25) is 0 Å². The number of nitrogens with two attached hydrogens (primary N) is 1. The lowest BCUT2D eigenvalue weighted by Crippen LogP contribution is -2.44. The molecule has 0 bridgehead atoms. The number of ether oxygens (including phenoxy) is 2. The van der Waals surface area contributed by atoms with Gasteiger partial charge in [-0.3, -0.25) is 9.59 Å². The van der Waals surface area contributed by atoms with E-state index in [0.717, 1.165) is 18.4 Å². The average Bonchev–Trinajstić information content (AvgIpc) is 3.70. The van der Waals surface area contributed by atoms with Gasteiger partial charge in [0.15, 0.2) is 0 Å². The molecule has 0 spiro atoms. The van der Waals surface area contributed by atoms with E-state index in [2.05, 4.69) is 10.4 Å². The predicted octanol–water partition coefficient (Wildman–Crippen LogP) is 4.66. The molecule has 2 fully saturated rings. The van der Waals surface area contributed by atoms with Crippen LogP contribution in [0, 0.1) is 6.92 Å². The summed E-state index contributed by atoms with van der Waals surface area (Å²) in [6, 6.07) is 14.4. The molecule has 2 amide bonds. The summed E-state index contributed by atoms with van der Waals surface area (Å²) in [6.45, 7) is 8.31. The van der Waals surface area contributed by atoms with E-state index >= 15 is 0 Å². The normalized spacial score (nSPS) is 15.9. The quantitative estimate of drug-likeness (QED) is 0.403. The topological polar surface area (TPSA) is 129 Å². The van der Waals surface area contributed by atoms with Crippen molar-refractivity contribution in [2.45, 2.75) is 71.1 Å². The number of nitrogens with one attached hydrogen (secondary N) is 1. The Hall–Kier alpha value is -4.34. The summed E-state index contributed by atoms with van der Waals surface area (Å²) >= 11 is 0. The number of likely N-dealkylation sites (tertiary alicyclic amines) is 1. The minimum absolute atomic E-state index is 0.124. The van der Waals surface area contributed by atoms with Crippen LogP contribution in [-0.4, -0.2) is 63.3 Å². The molecule has 41 heavy (non-hydrogen) atoms. The monoisotopic (exact) mass is 559 g/mol. The summed E-state index contributed by atoms with van der Waals surface area (Å²) in [4.78, 5) is 40.6. The maximum absolute atomic E-state index is 13.7. The van der Waals surface area contributed by atoms with Gasteiger partial charge in [0.1, 0.15) is 23.1 Å². The van der Waals surface area contributed by atoms with Gasteiger partial charge in [0.05, 0.1) is 5.69 Å². The van der Waals surface area contributed by atoms with Crippen LogP contribution in [0.1, 0.15) is 78.3 Å². The second kappa shape index (κ2) is 11.3. The Bertz CT molecular complexity index is 1450. The number of benzene rings is 2. The van der Waals surface area contributed by atoms with Gasteiger partial charge in [-0.05, 0) is 58.2 Å². The number of hydrogen-bond acceptors (Lipinski definition) is 7. The molecule has 2 aliphatic rings. The van der Waals surface area contributed by atoms with Crippen LogP contribution in [0.15, 0.2) is 48.5 Å². The molecule has 10 heteroatoms. The fourth-order valence-corrected chi connectivity index (χ4v) is 4.74. The molecule has 216 valence electrons. The molecule has 5 rings (SSSR count). The largest absolute Gasteiger partial charge is 0.473 e. The second-order valence-corrected chi connectivity index (χ2v) is 11.7. The molecule has 1 saturated heterocycles. The summed E-state index contributed by atoms with van der Waals surface area (Å²) in [5.41, 5.74) is 8.57. The lowest BCUT2D eigenvalue weighted by molar-refractivity contribution is 0.0122. The number of nitrogen functional groups attached to an aromatic ring is 1. The van der Waals surface area contributed by atoms with Crippen LogP contribution < -0.4 is 15.8 Å². The number of carbonyl (C=O) groups excluding carboxylic acids is 3. The summed E-state index contributed by atoms with van der Waals surface area (Å²) in [5, 5.41) is 7.67. The summed E-state index contributed by atoms with van der Waals surface area (Å²) in [7, 11) is 0. The number of rotatable bonds is 7. The minimum atomic E-state index is -0.574. The zero-order valence-electron chi connectivity index (χ0n) is 24.0. The molecule has 2 heterocycles. The fourth-order valence-electron chi connectivity index (χ4n) is 4.74. The van der Waals surface area contributed by atoms with Crippen molar-refractivity contribution >= 4 is 23.6 Å². The SMILES string of the molecule is Cc1ccc(C(=O)NC2CC2)cc1-n1nc(OC2CCN(C(=O)OC(C)(C)C)CC2)c(C(=O)c2ccccc2)c1N. The van der Waals surface area contributed by atoms with Gasteiger partial charge in [0, 0.05) is 43.1 Å². The Kier molecular flexibility index (Phi) is 7.75. The molecule has 0 unspecified atom stereocenters. The van der Waals surface area contributed by atoms with Crippen molar-refractivity contribution in [1.82, 2.24) is 20.0 Å². The van der Waals surface area contributed by atoms with Crippen molar-refractivity contribution in [2.24, 2.45) is 0 Å². The molecule has 2 aromatic carbocycles. The fraction of sp³-hybridized carbons (Fsp3) is 0.419. The van der Waals surface area contributed by atoms with Crippen LogP contribution in [-0.2, 0) is 4.74 Å². The number of hydrogen-bond donors (Lipinski definition) is 2. The first-order chi connectivity index (χ1) is 19.5. The Balaban J connectivity index is 1.44. The number of carbonyl (C=O) groups is 3. The highest BCUT2D eigenvalue weighted by Gasteiger charge is 2.32. The number of piperidine rings is 1. The van der Waals surface area contributed by atoms with Crippen molar-refractivity contribution in [3.8, 4) is 11.6 Å². The molecule has 10 nitrogen and oxygen atoms in total. The van der Waals surface area contributed by atoms with Gasteiger partial charge in [-0.1, -0.05) is 36.4 Å². The van der Waals surface area contributed by atoms with Crippen LogP contribution >= 0.6 is 0 Å². The van der Waals surface area contributed by atoms with Crippen LogP contribution in [0.4, 0.5) is 10.6 Å². The third kappa shape index (κ3) is 6.53. The third-order valence-corrected chi connectivity index (χ3v) is 7.14. The van der Waals surface area contributed by atoms with E-state index in [-0.39, 0.29) is 47.2 Å². The van der Waals surface area contributed by atoms with E-state index in [1.165, 1.54) is 4.68 Å². The lowest BCUT2D eigenvalue weighted by atomic mass is 10.0. The van der Waals surface area contributed by atoms with Crippen molar-refractivity contribution in [3.63, 3.8) is 0 Å². The first-order valence-corrected chi connectivity index (χ1v) is 14.0. The average molecular weight is 560 g/mol. The molecular formula is C31H37N5O5. The van der Waals surface area contributed by atoms with E-state index in [0.29, 0.717) is 42.7 Å². The molecule has 1 aliphatic carbocycles. The highest BCUT2D eigenvalue weighted by molar-refractivity contribution is 6.13. The molecule has 0 radical (unpaired) electrons. The number of nitrogens with zero attached hydrogens (tertiary/aromatic N) is 3. The van der Waals surface area contributed by atoms with Crippen molar-refractivity contribution < 1.29 is 23.9 Å². The zero-order valence-corrected chi connectivity index (χ0v) is 24.0. The van der Waals surface area contributed by atoms with E-state index in [1.807, 2.05) is 39.8 Å². The Morgan fingerprint density at radius 1 is 0.976 bits per heavy atom. The summed E-state index contributed by atoms with van der Waals surface area (Å²) < 4.78 is 13.3. The first-order valence-electron chi connectivity index (χ1n) is 14.0. The minimum Gasteiger partial charge on any atom is -0.473 e. The van der Waals surface area contributed by atoms with Crippen LogP contribution in [0.3, 0.4) is 0 Å². The van der Waals surface area contributed by atoms with Gasteiger partial charge in [-0.15, -0.1) is 5.10 Å². The highest BCUT2D eigenvalue weighted by Crippen LogP contribution is 2.33. The smallest absolute Gasteiger partial charge is 0.410 e. The van der Waals surface area contributed by atoms with Crippen LogP contribution in [0.25, 0.3) is 5.69 Å². The number of aromatic nitrogens is 2. The number of aryl methyl sites for hydroxylation is 1. The van der Waals surface area contributed by atoms with E-state index in [4.69, 9.17) is 15.2 Å². The molecule has 1 aliphatic heterocycles. The number of amides is 2. The highest BCUT2D eigenvalue weighted by atomic mass is 16.6. The standard InChI is InChI=1S/C31H37N5O5/c1-19-10-11-21(28(38)33-22-12-13-22)18-24(19)36-27(32)25(26(37)20-8-6-5-7-9-20)29(34-36)40-23-14-16-35(17-15-23)30(39)41-31(2,3)4/h5-11,18,22-23H,12-17,32H2,1-4H3,(H,33,38). The second-order valence-electron chi connectivity index (χ2n) is 11.7. The predicted molar refractivity (Wildman–Crippen MR) is 155 cm³/mol. The van der Waals surface area contributed by atoms with Gasteiger partial charge in [-0.2, -0.15) is 0 Å². The molecule has 3 N–H and O–H groups in total. The van der Waals surface area contributed by atoms with E-state index in [9.17, 15) is 14.4 Å². The summed E-state index contributed by atoms with van der Waals surface area (Å²) in [6.07, 6.45) is 2.42. The van der Waals surface area contributed by atoms with E-state index < -0.39 is 5.60 Å². The van der Waals surface area contributed by atoms with Gasteiger partial charge in [-0.25, -0.2) is 9.48 Å². The van der Waals surface area contributed by atoms with Gasteiger partial charge < -0.3 is 25.4 Å². The van der Waals surface area contributed by atoms with Crippen molar-refractivity contribution in [1.29, 1.82) is 0 Å². The van der Waals surface area contributed by atoms with Crippen LogP contribution in [0.5, 0.6) is 5.88 Å². The number of ketones is 1. The van der Waals surface area contributed by atoms with E-state index in [1.54, 1.807) is 41.3 Å². The van der Waals surface area contributed by atoms with Gasteiger partial charge in [0.2, 0.25) is 11.7 Å². The van der Waals surface area contributed by atoms with Crippen molar-refractivity contribution in [3.05, 3.63) is 70.8 Å². The molecule has 3 aromatic rings. The molecule has 1 saturated carbocycles. The van der Waals surface area contributed by atoms with Crippen molar-refractivity contribution in [2.75, 3.05) is 18.8 Å². The Morgan fingerprint density at radius 2 is 1.66 bits per heavy atom. The third-order valence-electron chi connectivity index (χ3n) is 7.14. The lowest BCUT2D eigenvalue weighted by Gasteiger charge is -2.33. The molecule has 0 atom stereocenters. The van der Waals surface area contributed by atoms with Gasteiger partial charge in [0.25, 0.3) is 5.91 Å². The first kappa shape index (κ1) is 28.2. The Morgan fingerprint density at radius 3 is 2.29 bits per heavy atom. The number of anilines is 1. The summed E-state index contributed by atoms with van der Waals surface area (Å²) in [5.74, 6) is -0.216. The maximum atomic E-state index is 13.7. The van der Waals surface area contributed by atoms with Gasteiger partial charge >= 0.3 is 6.09 Å². The zero-order chi connectivity index (χ0) is 29.3. The molecular weight excluding hydrogens is 522 g/mol.